The molecule has 0 spiro atoms. The van der Waals surface area contributed by atoms with Crippen LogP contribution in [0.5, 0.6) is 11.5 Å². The summed E-state index contributed by atoms with van der Waals surface area (Å²) in [4.78, 5) is 48.6. The summed E-state index contributed by atoms with van der Waals surface area (Å²) >= 11 is 0. The van der Waals surface area contributed by atoms with E-state index in [1.54, 1.807) is 26.8 Å². The zero-order valence-corrected chi connectivity index (χ0v) is 23.6. The lowest BCUT2D eigenvalue weighted by atomic mass is 9.97. The van der Waals surface area contributed by atoms with Crippen molar-refractivity contribution in [3.05, 3.63) is 23.8 Å². The number of methoxy groups -OCH3 is 1. The van der Waals surface area contributed by atoms with Crippen LogP contribution in [0.25, 0.3) is 0 Å². The lowest BCUT2D eigenvalue weighted by Gasteiger charge is -2.19. The maximum atomic E-state index is 12.4. The molecule has 0 aromatic heterocycles. The zero-order chi connectivity index (χ0) is 28.9. The Morgan fingerprint density at radius 1 is 0.842 bits per heavy atom. The molecular formula is C27H41NO10. The minimum atomic E-state index is -0.973. The molecule has 0 bridgehead atoms. The van der Waals surface area contributed by atoms with Gasteiger partial charge in [0, 0.05) is 6.54 Å². The van der Waals surface area contributed by atoms with Gasteiger partial charge >= 0.3 is 24.2 Å². The van der Waals surface area contributed by atoms with Gasteiger partial charge in [0.2, 0.25) is 0 Å². The molecule has 0 saturated carbocycles. The highest BCUT2D eigenvalue weighted by Gasteiger charge is 2.24. The predicted octanol–water partition coefficient (Wildman–Crippen LogP) is 4.29. The van der Waals surface area contributed by atoms with Crippen molar-refractivity contribution in [1.82, 2.24) is 5.32 Å². The second-order valence-electron chi connectivity index (χ2n) is 10.5. The molecule has 1 rings (SSSR count). The van der Waals surface area contributed by atoms with Gasteiger partial charge in [0.25, 0.3) is 0 Å². The highest BCUT2D eigenvalue weighted by Crippen LogP contribution is 2.30. The molecule has 1 N–H and O–H groups in total. The quantitative estimate of drug-likeness (QED) is 0.166. The van der Waals surface area contributed by atoms with Gasteiger partial charge in [-0.2, -0.15) is 0 Å². The van der Waals surface area contributed by atoms with Gasteiger partial charge in [-0.15, -0.1) is 0 Å². The molecule has 0 aliphatic carbocycles. The molecule has 0 fully saturated rings. The van der Waals surface area contributed by atoms with E-state index in [0.717, 1.165) is 0 Å². The Morgan fingerprint density at radius 3 is 1.89 bits per heavy atom. The van der Waals surface area contributed by atoms with Crippen LogP contribution in [0.2, 0.25) is 0 Å². The fourth-order valence-corrected chi connectivity index (χ4v) is 2.76. The minimum absolute atomic E-state index is 0.0549. The molecule has 0 saturated heterocycles. The molecule has 1 atom stereocenters. The number of rotatable bonds is 13. The first kappa shape index (κ1) is 32.7. The van der Waals surface area contributed by atoms with Crippen molar-refractivity contribution in [3.8, 4) is 11.5 Å². The van der Waals surface area contributed by atoms with E-state index in [9.17, 15) is 19.2 Å². The molecule has 11 heteroatoms. The van der Waals surface area contributed by atoms with Crippen LogP contribution in [-0.4, -0.2) is 63.8 Å². The van der Waals surface area contributed by atoms with E-state index in [1.165, 1.54) is 19.2 Å². The molecule has 0 aliphatic heterocycles. The molecule has 1 aromatic rings. The maximum Gasteiger partial charge on any atom is 0.513 e. The highest BCUT2D eigenvalue weighted by molar-refractivity contribution is 5.76. The van der Waals surface area contributed by atoms with E-state index < -0.39 is 29.7 Å². The van der Waals surface area contributed by atoms with E-state index in [-0.39, 0.29) is 62.1 Å². The summed E-state index contributed by atoms with van der Waals surface area (Å²) in [6, 6.07) is 3.70. The SMILES string of the molecule is COC(=O)[C@H](Cc1ccc(OC(=O)OCC(C)C)c(OC(=O)OCC(C)C)c1)NCCOC(=O)C(C)(C)C. The third-order valence-electron chi connectivity index (χ3n) is 4.73. The number of nitrogens with one attached hydrogen (secondary N) is 1. The summed E-state index contributed by atoms with van der Waals surface area (Å²) in [7, 11) is 1.26. The monoisotopic (exact) mass is 539 g/mol. The van der Waals surface area contributed by atoms with Crippen LogP contribution in [0.15, 0.2) is 18.2 Å². The average Bonchev–Trinajstić information content (AvgIpc) is 2.83. The van der Waals surface area contributed by atoms with Gasteiger partial charge in [-0.3, -0.25) is 9.59 Å². The van der Waals surface area contributed by atoms with Crippen molar-refractivity contribution in [3.63, 3.8) is 0 Å². The number of hydrogen-bond donors (Lipinski definition) is 1. The van der Waals surface area contributed by atoms with Gasteiger partial charge in [0.05, 0.1) is 25.7 Å². The molecule has 11 nitrogen and oxygen atoms in total. The van der Waals surface area contributed by atoms with Crippen LogP contribution in [0.1, 0.15) is 54.0 Å². The Labute approximate surface area is 224 Å². The largest absolute Gasteiger partial charge is 0.513 e. The second kappa shape index (κ2) is 15.8. The van der Waals surface area contributed by atoms with Crippen molar-refractivity contribution in [2.24, 2.45) is 17.3 Å². The molecule has 0 aliphatic rings. The van der Waals surface area contributed by atoms with E-state index in [4.69, 9.17) is 28.4 Å². The van der Waals surface area contributed by atoms with Crippen molar-refractivity contribution in [2.75, 3.05) is 33.5 Å². The number of esters is 2. The van der Waals surface area contributed by atoms with E-state index in [1.807, 2.05) is 27.7 Å². The van der Waals surface area contributed by atoms with Crippen LogP contribution in [0.4, 0.5) is 9.59 Å². The van der Waals surface area contributed by atoms with Crippen LogP contribution in [-0.2, 0) is 35.0 Å². The summed E-state index contributed by atoms with van der Waals surface area (Å²) < 4.78 is 30.8. The Morgan fingerprint density at radius 2 is 1.39 bits per heavy atom. The second-order valence-corrected chi connectivity index (χ2v) is 10.5. The number of hydrogen-bond acceptors (Lipinski definition) is 11. The van der Waals surface area contributed by atoms with Crippen molar-refractivity contribution in [2.45, 2.75) is 60.9 Å². The lowest BCUT2D eigenvalue weighted by molar-refractivity contribution is -0.152. The first-order valence-electron chi connectivity index (χ1n) is 12.5. The highest BCUT2D eigenvalue weighted by atomic mass is 16.7. The Kier molecular flexibility index (Phi) is 13.6. The first-order valence-corrected chi connectivity index (χ1v) is 12.5. The summed E-state index contributed by atoms with van der Waals surface area (Å²) in [6.07, 6.45) is -1.79. The van der Waals surface area contributed by atoms with Crippen molar-refractivity contribution < 1.29 is 47.6 Å². The van der Waals surface area contributed by atoms with Gasteiger partial charge in [0.15, 0.2) is 11.5 Å². The molecule has 214 valence electrons. The lowest BCUT2D eigenvalue weighted by Crippen LogP contribution is -2.41. The maximum absolute atomic E-state index is 12.4. The van der Waals surface area contributed by atoms with Gasteiger partial charge in [0.1, 0.15) is 12.6 Å². The number of carbonyl (C=O) groups excluding carboxylic acids is 4. The number of benzene rings is 1. The smallest absolute Gasteiger partial charge is 0.468 e. The Bertz CT molecular complexity index is 936. The van der Waals surface area contributed by atoms with Crippen LogP contribution < -0.4 is 14.8 Å². The van der Waals surface area contributed by atoms with Gasteiger partial charge in [-0.25, -0.2) is 9.59 Å². The first-order chi connectivity index (χ1) is 17.7. The third kappa shape index (κ3) is 12.8. The van der Waals surface area contributed by atoms with Crippen LogP contribution in [0, 0.1) is 17.3 Å². The zero-order valence-electron chi connectivity index (χ0n) is 23.6. The molecule has 0 heterocycles. The van der Waals surface area contributed by atoms with Gasteiger partial charge < -0.3 is 33.7 Å². The van der Waals surface area contributed by atoms with Crippen molar-refractivity contribution in [1.29, 1.82) is 0 Å². The molecule has 0 amide bonds. The molecule has 1 aromatic carbocycles. The van der Waals surface area contributed by atoms with Crippen molar-refractivity contribution >= 4 is 24.2 Å². The molecule has 38 heavy (non-hydrogen) atoms. The fourth-order valence-electron chi connectivity index (χ4n) is 2.76. The summed E-state index contributed by atoms with van der Waals surface area (Å²) in [5, 5.41) is 3.00. The van der Waals surface area contributed by atoms with E-state index >= 15 is 0 Å². The minimum Gasteiger partial charge on any atom is -0.468 e. The fraction of sp³-hybridized carbons (Fsp3) is 0.630. The molecular weight excluding hydrogens is 498 g/mol. The third-order valence-corrected chi connectivity index (χ3v) is 4.73. The number of ether oxygens (including phenoxy) is 6. The van der Waals surface area contributed by atoms with Gasteiger partial charge in [-0.1, -0.05) is 33.8 Å². The summed E-state index contributed by atoms with van der Waals surface area (Å²) in [5.41, 5.74) is -0.0754. The Hall–Kier alpha value is -3.34. The normalized spacial score (nSPS) is 12.1. The average molecular weight is 540 g/mol. The standard InChI is InChI=1S/C27H41NO10/c1-17(2)15-35-25(31)37-21-10-9-19(14-22(21)38-26(32)36-16-18(3)4)13-20(23(29)33-8)28-11-12-34-24(30)27(5,6)7/h9-10,14,17-18,20,28H,11-13,15-16H2,1-8H3/t20-/m0/s1. The summed E-state index contributed by atoms with van der Waals surface area (Å²) in [6.45, 7) is 13.3. The topological polar surface area (TPSA) is 136 Å². The van der Waals surface area contributed by atoms with Crippen LogP contribution in [0.3, 0.4) is 0 Å². The van der Waals surface area contributed by atoms with E-state index in [2.05, 4.69) is 5.32 Å². The molecule has 0 unspecified atom stereocenters. The predicted molar refractivity (Wildman–Crippen MR) is 138 cm³/mol. The molecule has 0 radical (unpaired) electrons. The number of carbonyl (C=O) groups is 4. The van der Waals surface area contributed by atoms with Gasteiger partial charge in [-0.05, 0) is 56.7 Å². The van der Waals surface area contributed by atoms with Crippen LogP contribution >= 0.6 is 0 Å². The van der Waals surface area contributed by atoms with E-state index in [0.29, 0.717) is 5.56 Å². The summed E-state index contributed by atoms with van der Waals surface area (Å²) in [5.74, 6) is -0.844. The Balaban J connectivity index is 3.02.